The van der Waals surface area contributed by atoms with Gasteiger partial charge in [-0.25, -0.2) is 0 Å². The molecule has 0 saturated carbocycles. The summed E-state index contributed by atoms with van der Waals surface area (Å²) in [7, 11) is 0. The van der Waals surface area contributed by atoms with Crippen LogP contribution in [0.2, 0.25) is 0 Å². The van der Waals surface area contributed by atoms with Gasteiger partial charge in [0.25, 0.3) is 0 Å². The van der Waals surface area contributed by atoms with E-state index < -0.39 is 0 Å². The average Bonchev–Trinajstić information content (AvgIpc) is 3.30. The number of hydrogen-bond donors (Lipinski definition) is 1. The first-order valence-corrected chi connectivity index (χ1v) is 11.5. The Morgan fingerprint density at radius 2 is 1.90 bits per heavy atom. The van der Waals surface area contributed by atoms with Crippen molar-refractivity contribution in [3.63, 3.8) is 0 Å². The Labute approximate surface area is 203 Å². The van der Waals surface area contributed by atoms with E-state index in [0.29, 0.717) is 19.1 Å². The largest absolute Gasteiger partial charge is 0.381 e. The second-order valence-corrected chi connectivity index (χ2v) is 8.97. The van der Waals surface area contributed by atoms with Crippen LogP contribution >= 0.6 is 11.6 Å². The number of likely N-dealkylation sites (tertiary alicyclic amines) is 1. The predicted octanol–water partition coefficient (Wildman–Crippen LogP) is 5.01. The minimum atomic E-state index is -0.371. The molecule has 1 aliphatic carbocycles. The number of halogens is 1. The normalized spacial score (nSPS) is 23.6. The molecule has 0 radical (unpaired) electrons. The zero-order valence-corrected chi connectivity index (χ0v) is 20.6. The maximum Gasteiger partial charge on any atom is 0.241 e. The van der Waals surface area contributed by atoms with Crippen LogP contribution in [0, 0.1) is 12.0 Å². The number of rotatable bonds is 4. The molecule has 3 aliphatic rings. The molecule has 0 bridgehead atoms. The molecule has 31 heavy (non-hydrogen) atoms. The summed E-state index contributed by atoms with van der Waals surface area (Å²) in [4.78, 5) is 15.5. The predicted molar refractivity (Wildman–Crippen MR) is 122 cm³/mol. The molecule has 170 valence electrons. The van der Waals surface area contributed by atoms with Crippen molar-refractivity contribution in [1.29, 1.82) is 0 Å². The Bertz CT molecular complexity index is 741. The smallest absolute Gasteiger partial charge is 0.241 e. The first-order chi connectivity index (χ1) is 14.5. The molecule has 1 amide bonds. The fourth-order valence-electron chi connectivity index (χ4n) is 4.43. The van der Waals surface area contributed by atoms with Crippen molar-refractivity contribution in [2.45, 2.75) is 57.5 Å². The molecular formula is C25H34ClCrN2O2-. The van der Waals surface area contributed by atoms with E-state index in [4.69, 9.17) is 16.3 Å². The van der Waals surface area contributed by atoms with Crippen LogP contribution in [0.5, 0.6) is 0 Å². The molecule has 4 nitrogen and oxygen atoms in total. The zero-order valence-electron chi connectivity index (χ0n) is 18.6. The summed E-state index contributed by atoms with van der Waals surface area (Å²) in [5, 5.41) is 4.11. The molecule has 0 spiro atoms. The van der Waals surface area contributed by atoms with Crippen molar-refractivity contribution in [2.75, 3.05) is 26.3 Å². The molecule has 2 fully saturated rings. The van der Waals surface area contributed by atoms with Gasteiger partial charge in [-0.15, -0.1) is 5.56 Å². The van der Waals surface area contributed by atoms with Gasteiger partial charge in [0.15, 0.2) is 0 Å². The Hall–Kier alpha value is -1.09. The summed E-state index contributed by atoms with van der Waals surface area (Å²) in [6.07, 6.45) is 11.2. The molecule has 1 aromatic carbocycles. The number of ether oxygens (including phenoxy) is 1. The molecule has 2 saturated heterocycles. The van der Waals surface area contributed by atoms with Gasteiger partial charge < -0.3 is 10.1 Å². The zero-order chi connectivity index (χ0) is 21.4. The number of benzene rings is 1. The topological polar surface area (TPSA) is 41.6 Å². The molecule has 2 atom stereocenters. The van der Waals surface area contributed by atoms with Crippen molar-refractivity contribution >= 4 is 17.5 Å². The molecule has 2 aliphatic heterocycles. The third-order valence-electron chi connectivity index (χ3n) is 6.27. The van der Waals surface area contributed by atoms with E-state index in [2.05, 4.69) is 35.4 Å². The number of nitrogens with one attached hydrogen (secondary N) is 1. The van der Waals surface area contributed by atoms with E-state index >= 15 is 0 Å². The van der Waals surface area contributed by atoms with E-state index in [9.17, 15) is 4.79 Å². The van der Waals surface area contributed by atoms with Crippen molar-refractivity contribution in [3.05, 3.63) is 59.2 Å². The molecule has 6 heteroatoms. The van der Waals surface area contributed by atoms with E-state index in [1.165, 1.54) is 12.8 Å². The maximum absolute atomic E-state index is 13.1. The Morgan fingerprint density at radius 3 is 2.45 bits per heavy atom. The van der Waals surface area contributed by atoms with Gasteiger partial charge in [-0.2, -0.15) is 30.3 Å². The van der Waals surface area contributed by atoms with Crippen LogP contribution in [0.4, 0.5) is 0 Å². The second-order valence-electron chi connectivity index (χ2n) is 8.53. The van der Waals surface area contributed by atoms with Gasteiger partial charge in [0.05, 0.1) is 0 Å². The summed E-state index contributed by atoms with van der Waals surface area (Å²) >= 11 is 5.69. The first kappa shape index (κ1) is 26.2. The molecule has 0 aromatic heterocycles. The van der Waals surface area contributed by atoms with E-state index in [1.54, 1.807) is 0 Å². The van der Waals surface area contributed by atoms with Crippen molar-refractivity contribution in [3.8, 4) is 0 Å². The number of amides is 1. The first-order valence-electron chi connectivity index (χ1n) is 11.1. The third-order valence-corrected chi connectivity index (χ3v) is 6.53. The van der Waals surface area contributed by atoms with Crippen molar-refractivity contribution in [1.82, 2.24) is 10.2 Å². The van der Waals surface area contributed by atoms with Crippen LogP contribution in [0.25, 0.3) is 0 Å². The fourth-order valence-corrected chi connectivity index (χ4v) is 4.74. The minimum Gasteiger partial charge on any atom is -0.381 e. The fraction of sp³-hybridized carbons (Fsp3) is 0.560. The van der Waals surface area contributed by atoms with Crippen molar-refractivity contribution < 1.29 is 26.9 Å². The van der Waals surface area contributed by atoms with Gasteiger partial charge in [0.1, 0.15) is 5.54 Å². The summed E-state index contributed by atoms with van der Waals surface area (Å²) < 4.78 is 5.51. The summed E-state index contributed by atoms with van der Waals surface area (Å²) in [5.74, 6) is 0.797. The van der Waals surface area contributed by atoms with E-state index in [-0.39, 0.29) is 34.8 Å². The summed E-state index contributed by atoms with van der Waals surface area (Å²) in [6, 6.07) is 10.8. The Balaban J connectivity index is 0.000000322. The molecule has 2 unspecified atom stereocenters. The van der Waals surface area contributed by atoms with Crippen molar-refractivity contribution in [2.24, 2.45) is 5.92 Å². The third kappa shape index (κ3) is 7.20. The Kier molecular flexibility index (Phi) is 10.8. The van der Waals surface area contributed by atoms with Crippen LogP contribution in [0.3, 0.4) is 0 Å². The van der Waals surface area contributed by atoms with Crippen LogP contribution in [0.1, 0.15) is 57.6 Å². The van der Waals surface area contributed by atoms with Crippen LogP contribution in [-0.2, 0) is 26.9 Å². The molecular weight excluding hydrogens is 448 g/mol. The standard InChI is InChI=1S/C18H25N2O2.C7H9Cl.Cr/c1-15(16-7-3-2-4-8-16)19-17(21)18(9-13-22-14-10-18)20-11-5-6-12-20;1-6-3-2-4-7(8)5-6;/h3-4,7-8,15H,5-6,9-14H2,1H3,(H,19,21);2,4-6H,3H2,1H3;/q-1;;. The van der Waals surface area contributed by atoms with Gasteiger partial charge in [-0.3, -0.25) is 9.69 Å². The molecule has 2 heterocycles. The molecule has 1 N–H and O–H groups in total. The van der Waals surface area contributed by atoms with Gasteiger partial charge in [-0.1, -0.05) is 30.7 Å². The number of allylic oxidation sites excluding steroid dienone is 4. The number of carbonyl (C=O) groups is 1. The number of hydrogen-bond acceptors (Lipinski definition) is 3. The molecule has 1 aromatic rings. The van der Waals surface area contributed by atoms with Gasteiger partial charge in [-0.05, 0) is 64.1 Å². The number of carbonyl (C=O) groups excluding carboxylic acids is 1. The number of nitrogens with zero attached hydrogens (tertiary/aromatic N) is 1. The SMILES string of the molecule is CC(NC(=O)C1(N2CCCC2)CCOCC1)c1cc[c-]cc1.CC1C=C(Cl)C=CC1.[Cr]. The van der Waals surface area contributed by atoms with Gasteiger partial charge in [0, 0.05) is 41.6 Å². The summed E-state index contributed by atoms with van der Waals surface area (Å²) in [6.45, 7) is 7.62. The van der Waals surface area contributed by atoms with Crippen LogP contribution < -0.4 is 5.32 Å². The van der Waals surface area contributed by atoms with E-state index in [1.807, 2.05) is 37.3 Å². The monoisotopic (exact) mass is 481 g/mol. The Morgan fingerprint density at radius 1 is 1.26 bits per heavy atom. The quantitative estimate of drug-likeness (QED) is 0.614. The maximum atomic E-state index is 13.1. The molecule has 4 rings (SSSR count). The van der Waals surface area contributed by atoms with Crippen LogP contribution in [0.15, 0.2) is 47.5 Å². The van der Waals surface area contributed by atoms with Crippen LogP contribution in [-0.4, -0.2) is 42.6 Å². The summed E-state index contributed by atoms with van der Waals surface area (Å²) in [5.41, 5.74) is 0.750. The van der Waals surface area contributed by atoms with Gasteiger partial charge >= 0.3 is 0 Å². The van der Waals surface area contributed by atoms with Gasteiger partial charge in [0.2, 0.25) is 5.91 Å². The van der Waals surface area contributed by atoms with E-state index in [0.717, 1.165) is 42.9 Å². The minimum absolute atomic E-state index is 0. The average molecular weight is 482 g/mol. The second kappa shape index (κ2) is 12.8.